The number of ether oxygens (including phenoxy) is 1. The number of fused-ring (bicyclic) bond motifs is 1. The van der Waals surface area contributed by atoms with Crippen LogP contribution in [-0.2, 0) is 17.8 Å². The van der Waals surface area contributed by atoms with Gasteiger partial charge < -0.3 is 4.74 Å². The monoisotopic (exact) mass is 227 g/mol. The van der Waals surface area contributed by atoms with Crippen LogP contribution in [0.25, 0.3) is 5.69 Å². The van der Waals surface area contributed by atoms with E-state index in [-0.39, 0.29) is 0 Å². The molecule has 2 aromatic rings. The van der Waals surface area contributed by atoms with E-state index >= 15 is 0 Å². The summed E-state index contributed by atoms with van der Waals surface area (Å²) in [6.45, 7) is 2.49. The zero-order chi connectivity index (χ0) is 11.7. The predicted octanol–water partition coefficient (Wildman–Crippen LogP) is 2.24. The van der Waals surface area contributed by atoms with Crippen molar-refractivity contribution < 1.29 is 4.74 Å². The second-order valence-electron chi connectivity index (χ2n) is 4.04. The first-order valence-corrected chi connectivity index (χ1v) is 5.63. The summed E-state index contributed by atoms with van der Waals surface area (Å²) in [6.07, 6.45) is 2.82. The summed E-state index contributed by atoms with van der Waals surface area (Å²) in [5.41, 5.74) is 3.04. The minimum Gasteiger partial charge on any atom is -0.492 e. The molecule has 4 nitrogen and oxygen atoms in total. The summed E-state index contributed by atoms with van der Waals surface area (Å²) in [5.74, 6) is 0.947. The van der Waals surface area contributed by atoms with E-state index in [1.54, 1.807) is 0 Å². The van der Waals surface area contributed by atoms with Crippen LogP contribution in [0.5, 0.6) is 0 Å². The van der Waals surface area contributed by atoms with Crippen LogP contribution in [-0.4, -0.2) is 15.0 Å². The van der Waals surface area contributed by atoms with Crippen molar-refractivity contribution >= 4 is 0 Å². The molecule has 0 bridgehead atoms. The molecular weight excluding hydrogens is 214 g/mol. The van der Waals surface area contributed by atoms with Gasteiger partial charge >= 0.3 is 0 Å². The fraction of sp³-hybridized carbons (Fsp3) is 0.231. The van der Waals surface area contributed by atoms with Crippen LogP contribution in [0.15, 0.2) is 42.2 Å². The molecule has 3 rings (SSSR count). The summed E-state index contributed by atoms with van der Waals surface area (Å²) in [5, 5.41) is 8.41. The average molecular weight is 227 g/mol. The van der Waals surface area contributed by atoms with E-state index in [9.17, 15) is 0 Å². The van der Waals surface area contributed by atoms with Crippen LogP contribution in [0.2, 0.25) is 0 Å². The van der Waals surface area contributed by atoms with E-state index in [0.717, 1.165) is 29.3 Å². The van der Waals surface area contributed by atoms with Gasteiger partial charge in [0, 0.05) is 6.42 Å². The molecule has 0 aliphatic carbocycles. The predicted molar refractivity (Wildman–Crippen MR) is 63.6 cm³/mol. The Kier molecular flexibility index (Phi) is 2.40. The maximum absolute atomic E-state index is 5.61. The second-order valence-corrected chi connectivity index (χ2v) is 4.04. The summed E-state index contributed by atoms with van der Waals surface area (Å²) in [6, 6.07) is 10.00. The molecule has 2 heterocycles. The van der Waals surface area contributed by atoms with Crippen molar-refractivity contribution in [1.82, 2.24) is 15.0 Å². The number of benzene rings is 1. The molecule has 0 saturated heterocycles. The second kappa shape index (κ2) is 4.05. The lowest BCUT2D eigenvalue weighted by Crippen LogP contribution is -2.04. The van der Waals surface area contributed by atoms with Crippen LogP contribution >= 0.6 is 0 Å². The standard InChI is InChI=1S/C13H13N3O/c1-10-7-8-12-13(9-17-10)16(15-14-12)11-5-3-2-4-6-11/h2-7H,8-9H2,1H3. The third-order valence-corrected chi connectivity index (χ3v) is 2.86. The van der Waals surface area contributed by atoms with Crippen molar-refractivity contribution in [2.75, 3.05) is 0 Å². The fourth-order valence-corrected chi connectivity index (χ4v) is 1.89. The van der Waals surface area contributed by atoms with Gasteiger partial charge in [0.15, 0.2) is 0 Å². The summed E-state index contributed by atoms with van der Waals surface area (Å²) >= 11 is 0. The molecule has 1 aliphatic rings. The molecular formula is C13H13N3O. The maximum atomic E-state index is 5.61. The molecule has 0 N–H and O–H groups in total. The number of nitrogens with zero attached hydrogens (tertiary/aromatic N) is 3. The number of aromatic nitrogens is 3. The van der Waals surface area contributed by atoms with Gasteiger partial charge in [-0.15, -0.1) is 5.10 Å². The lowest BCUT2D eigenvalue weighted by atomic mass is 10.2. The molecule has 0 fully saturated rings. The van der Waals surface area contributed by atoms with Gasteiger partial charge in [0.2, 0.25) is 0 Å². The normalized spacial score (nSPS) is 14.5. The van der Waals surface area contributed by atoms with Crippen molar-refractivity contribution in [2.24, 2.45) is 0 Å². The lowest BCUT2D eigenvalue weighted by Gasteiger charge is -2.07. The van der Waals surface area contributed by atoms with Crippen LogP contribution in [0.4, 0.5) is 0 Å². The highest BCUT2D eigenvalue weighted by atomic mass is 16.5. The Bertz CT molecular complexity index is 557. The molecule has 0 spiro atoms. The van der Waals surface area contributed by atoms with E-state index in [1.807, 2.05) is 48.0 Å². The van der Waals surface area contributed by atoms with Gasteiger partial charge in [0.25, 0.3) is 0 Å². The van der Waals surface area contributed by atoms with E-state index in [2.05, 4.69) is 10.3 Å². The highest BCUT2D eigenvalue weighted by Crippen LogP contribution is 2.19. The molecule has 1 aliphatic heterocycles. The Morgan fingerprint density at radius 3 is 2.88 bits per heavy atom. The van der Waals surface area contributed by atoms with Crippen molar-refractivity contribution in [3.63, 3.8) is 0 Å². The van der Waals surface area contributed by atoms with Crippen LogP contribution in [0.3, 0.4) is 0 Å². The van der Waals surface area contributed by atoms with Crippen molar-refractivity contribution in [3.8, 4) is 5.69 Å². The maximum Gasteiger partial charge on any atom is 0.132 e. The van der Waals surface area contributed by atoms with Crippen LogP contribution < -0.4 is 0 Å². The molecule has 1 aromatic carbocycles. The molecule has 0 atom stereocenters. The van der Waals surface area contributed by atoms with Gasteiger partial charge in [-0.1, -0.05) is 23.4 Å². The Balaban J connectivity index is 2.04. The van der Waals surface area contributed by atoms with E-state index in [0.29, 0.717) is 6.61 Å². The first kappa shape index (κ1) is 10.1. The summed E-state index contributed by atoms with van der Waals surface area (Å²) in [4.78, 5) is 0. The van der Waals surface area contributed by atoms with Crippen molar-refractivity contribution in [2.45, 2.75) is 20.0 Å². The van der Waals surface area contributed by atoms with Gasteiger partial charge in [-0.25, -0.2) is 4.68 Å². The molecule has 4 heteroatoms. The molecule has 1 aromatic heterocycles. The van der Waals surface area contributed by atoms with Gasteiger partial charge in [0.1, 0.15) is 12.3 Å². The zero-order valence-corrected chi connectivity index (χ0v) is 9.63. The third-order valence-electron chi connectivity index (χ3n) is 2.86. The molecule has 0 unspecified atom stereocenters. The third kappa shape index (κ3) is 1.82. The average Bonchev–Trinajstić information content (AvgIpc) is 2.69. The summed E-state index contributed by atoms with van der Waals surface area (Å²) in [7, 11) is 0. The van der Waals surface area contributed by atoms with Crippen molar-refractivity contribution in [1.29, 1.82) is 0 Å². The number of para-hydroxylation sites is 1. The zero-order valence-electron chi connectivity index (χ0n) is 9.63. The smallest absolute Gasteiger partial charge is 0.132 e. The lowest BCUT2D eigenvalue weighted by molar-refractivity contribution is 0.196. The van der Waals surface area contributed by atoms with Crippen LogP contribution in [0, 0.1) is 0 Å². The Morgan fingerprint density at radius 2 is 2.06 bits per heavy atom. The van der Waals surface area contributed by atoms with Crippen molar-refractivity contribution in [3.05, 3.63) is 53.6 Å². The molecule has 0 radical (unpaired) electrons. The first-order chi connectivity index (χ1) is 8.34. The molecule has 0 amide bonds. The number of rotatable bonds is 1. The van der Waals surface area contributed by atoms with Crippen LogP contribution in [0.1, 0.15) is 18.3 Å². The van der Waals surface area contributed by atoms with Gasteiger partial charge in [-0.05, 0) is 25.1 Å². The molecule has 0 saturated carbocycles. The van der Waals surface area contributed by atoms with Gasteiger partial charge in [-0.3, -0.25) is 0 Å². The molecule has 86 valence electrons. The minimum absolute atomic E-state index is 0.527. The highest BCUT2D eigenvalue weighted by Gasteiger charge is 2.16. The SMILES string of the molecule is CC1=CCc2nnn(-c3ccccc3)c2CO1. The topological polar surface area (TPSA) is 39.9 Å². The Morgan fingerprint density at radius 1 is 1.24 bits per heavy atom. The fourth-order valence-electron chi connectivity index (χ4n) is 1.89. The summed E-state index contributed by atoms with van der Waals surface area (Å²) < 4.78 is 7.46. The number of allylic oxidation sites excluding steroid dienone is 2. The largest absolute Gasteiger partial charge is 0.492 e. The number of hydrogen-bond acceptors (Lipinski definition) is 3. The van der Waals surface area contributed by atoms with Gasteiger partial charge in [0.05, 0.1) is 17.1 Å². The minimum atomic E-state index is 0.527. The quantitative estimate of drug-likeness (QED) is 0.750. The van der Waals surface area contributed by atoms with Gasteiger partial charge in [-0.2, -0.15) is 0 Å². The Hall–Kier alpha value is -2.10. The molecule has 17 heavy (non-hydrogen) atoms. The van der Waals surface area contributed by atoms with E-state index < -0.39 is 0 Å². The van der Waals surface area contributed by atoms with E-state index in [1.165, 1.54) is 0 Å². The highest BCUT2D eigenvalue weighted by molar-refractivity contribution is 5.33. The number of hydrogen-bond donors (Lipinski definition) is 0. The Labute approximate surface area is 99.5 Å². The van der Waals surface area contributed by atoms with E-state index in [4.69, 9.17) is 4.74 Å². The first-order valence-electron chi connectivity index (χ1n) is 5.63.